The number of para-hydroxylation sites is 1. The summed E-state index contributed by atoms with van der Waals surface area (Å²) in [5.74, 6) is 1.28. The maximum absolute atomic E-state index is 13.1. The van der Waals surface area contributed by atoms with Crippen LogP contribution in [-0.4, -0.2) is 24.1 Å². The molecule has 5 heteroatoms. The zero-order valence-electron chi connectivity index (χ0n) is 14.2. The van der Waals surface area contributed by atoms with Gasteiger partial charge in [0.25, 0.3) is 5.91 Å². The summed E-state index contributed by atoms with van der Waals surface area (Å²) in [5, 5.41) is 3.93. The van der Waals surface area contributed by atoms with E-state index in [1.54, 1.807) is 0 Å². The van der Waals surface area contributed by atoms with Crippen molar-refractivity contribution in [2.24, 2.45) is 0 Å². The fraction of sp³-hybridized carbons (Fsp3) is 0.238. The van der Waals surface area contributed by atoms with E-state index in [9.17, 15) is 4.79 Å². The maximum Gasteiger partial charge on any atom is 0.256 e. The van der Waals surface area contributed by atoms with E-state index in [4.69, 9.17) is 14.5 Å². The Labute approximate surface area is 151 Å². The smallest absolute Gasteiger partial charge is 0.256 e. The van der Waals surface area contributed by atoms with Crippen molar-refractivity contribution >= 4 is 22.5 Å². The van der Waals surface area contributed by atoms with Gasteiger partial charge in [-0.2, -0.15) is 0 Å². The van der Waals surface area contributed by atoms with Crippen molar-refractivity contribution in [1.29, 1.82) is 0 Å². The second-order valence-electron chi connectivity index (χ2n) is 6.60. The zero-order valence-corrected chi connectivity index (χ0v) is 14.2. The summed E-state index contributed by atoms with van der Waals surface area (Å²) in [4.78, 5) is 17.9. The van der Waals surface area contributed by atoms with E-state index in [0.29, 0.717) is 30.4 Å². The summed E-state index contributed by atoms with van der Waals surface area (Å²) in [7, 11) is 0. The summed E-state index contributed by atoms with van der Waals surface area (Å²) in [5.41, 5.74) is 4.46. The first kappa shape index (κ1) is 15.2. The fourth-order valence-electron chi connectivity index (χ4n) is 3.79. The molecule has 5 nitrogen and oxygen atoms in total. The lowest BCUT2D eigenvalue weighted by molar-refractivity contribution is 0.102. The van der Waals surface area contributed by atoms with Crippen molar-refractivity contribution in [3.63, 3.8) is 0 Å². The minimum absolute atomic E-state index is 0.0987. The van der Waals surface area contributed by atoms with Crippen LogP contribution in [0.2, 0.25) is 0 Å². The van der Waals surface area contributed by atoms with Crippen molar-refractivity contribution in [1.82, 2.24) is 4.98 Å². The van der Waals surface area contributed by atoms with E-state index in [0.717, 1.165) is 47.0 Å². The monoisotopic (exact) mass is 346 g/mol. The number of amides is 1. The van der Waals surface area contributed by atoms with Gasteiger partial charge in [-0.25, -0.2) is 0 Å². The van der Waals surface area contributed by atoms with Gasteiger partial charge in [0.2, 0.25) is 0 Å². The molecule has 0 unspecified atom stereocenters. The largest absolute Gasteiger partial charge is 0.486 e. The van der Waals surface area contributed by atoms with Crippen LogP contribution in [0.25, 0.3) is 10.9 Å². The van der Waals surface area contributed by atoms with Crippen LogP contribution in [0.15, 0.2) is 42.5 Å². The third-order valence-electron chi connectivity index (χ3n) is 4.95. The SMILES string of the molecule is O=C(Nc1ccc2c(c1)OCCO2)c1c2c(nc3ccccc13)CCC2. The quantitative estimate of drug-likeness (QED) is 0.768. The third-order valence-corrected chi connectivity index (χ3v) is 4.95. The minimum atomic E-state index is -0.0987. The van der Waals surface area contributed by atoms with E-state index < -0.39 is 0 Å². The molecule has 0 saturated carbocycles. The van der Waals surface area contributed by atoms with Crippen LogP contribution in [0.4, 0.5) is 5.69 Å². The Kier molecular flexibility index (Phi) is 3.52. The van der Waals surface area contributed by atoms with Gasteiger partial charge < -0.3 is 14.8 Å². The summed E-state index contributed by atoms with van der Waals surface area (Å²) < 4.78 is 11.1. The van der Waals surface area contributed by atoms with E-state index in [1.807, 2.05) is 42.5 Å². The lowest BCUT2D eigenvalue weighted by Gasteiger charge is -2.19. The van der Waals surface area contributed by atoms with Crippen LogP contribution in [0.1, 0.15) is 28.0 Å². The Hall–Kier alpha value is -3.08. The number of carbonyl (C=O) groups excluding carboxylic acids is 1. The molecule has 0 bridgehead atoms. The minimum Gasteiger partial charge on any atom is -0.486 e. The van der Waals surface area contributed by atoms with Gasteiger partial charge in [0.05, 0.1) is 11.1 Å². The number of benzene rings is 2. The average molecular weight is 346 g/mol. The molecule has 130 valence electrons. The molecule has 0 radical (unpaired) electrons. The molecular formula is C21H18N2O3. The van der Waals surface area contributed by atoms with E-state index >= 15 is 0 Å². The van der Waals surface area contributed by atoms with Gasteiger partial charge in [0.1, 0.15) is 13.2 Å². The van der Waals surface area contributed by atoms with Crippen LogP contribution >= 0.6 is 0 Å². The van der Waals surface area contributed by atoms with Gasteiger partial charge in [-0.3, -0.25) is 9.78 Å². The number of pyridine rings is 1. The molecule has 1 aliphatic carbocycles. The van der Waals surface area contributed by atoms with E-state index in [1.165, 1.54) is 0 Å². The molecule has 0 spiro atoms. The number of aryl methyl sites for hydroxylation is 1. The number of aromatic nitrogens is 1. The molecule has 5 rings (SSSR count). The summed E-state index contributed by atoms with van der Waals surface area (Å²) in [6.45, 7) is 1.07. The Morgan fingerprint density at radius 1 is 1.00 bits per heavy atom. The molecule has 1 N–H and O–H groups in total. The summed E-state index contributed by atoms with van der Waals surface area (Å²) >= 11 is 0. The van der Waals surface area contributed by atoms with Gasteiger partial charge in [-0.1, -0.05) is 18.2 Å². The number of fused-ring (bicyclic) bond motifs is 3. The van der Waals surface area contributed by atoms with Crippen molar-refractivity contribution < 1.29 is 14.3 Å². The normalized spacial score (nSPS) is 14.9. The van der Waals surface area contributed by atoms with Crippen molar-refractivity contribution in [2.75, 3.05) is 18.5 Å². The van der Waals surface area contributed by atoms with Gasteiger partial charge in [0.15, 0.2) is 11.5 Å². The number of hydrogen-bond donors (Lipinski definition) is 1. The highest BCUT2D eigenvalue weighted by atomic mass is 16.6. The second kappa shape index (κ2) is 6.02. The molecule has 1 amide bonds. The lowest BCUT2D eigenvalue weighted by Crippen LogP contribution is -2.17. The molecule has 26 heavy (non-hydrogen) atoms. The fourth-order valence-corrected chi connectivity index (χ4v) is 3.79. The Bertz CT molecular complexity index is 1030. The van der Waals surface area contributed by atoms with Crippen molar-refractivity contribution in [2.45, 2.75) is 19.3 Å². The second-order valence-corrected chi connectivity index (χ2v) is 6.60. The molecule has 0 saturated heterocycles. The summed E-state index contributed by atoms with van der Waals surface area (Å²) in [6, 6.07) is 13.3. The van der Waals surface area contributed by atoms with Gasteiger partial charge in [0, 0.05) is 22.8 Å². The number of anilines is 1. The van der Waals surface area contributed by atoms with E-state index in [-0.39, 0.29) is 5.91 Å². The highest BCUT2D eigenvalue weighted by Crippen LogP contribution is 2.34. The molecule has 2 aliphatic rings. The molecule has 0 fully saturated rings. The average Bonchev–Trinajstić information content (AvgIpc) is 3.13. The van der Waals surface area contributed by atoms with Crippen LogP contribution in [0, 0.1) is 0 Å². The Morgan fingerprint density at radius 3 is 2.77 bits per heavy atom. The van der Waals surface area contributed by atoms with Gasteiger partial charge >= 0.3 is 0 Å². The number of carbonyl (C=O) groups is 1. The molecule has 3 aromatic rings. The van der Waals surface area contributed by atoms with Crippen molar-refractivity contribution in [3.05, 3.63) is 59.3 Å². The van der Waals surface area contributed by atoms with Crippen LogP contribution in [0.3, 0.4) is 0 Å². The molecule has 2 heterocycles. The molecule has 0 atom stereocenters. The first-order valence-electron chi connectivity index (χ1n) is 8.91. The van der Waals surface area contributed by atoms with Gasteiger partial charge in [-0.15, -0.1) is 0 Å². The molecule has 2 aromatic carbocycles. The Morgan fingerprint density at radius 2 is 1.85 bits per heavy atom. The first-order valence-corrected chi connectivity index (χ1v) is 8.91. The number of nitrogens with one attached hydrogen (secondary N) is 1. The number of nitrogens with zero attached hydrogens (tertiary/aromatic N) is 1. The third kappa shape index (κ3) is 2.47. The topological polar surface area (TPSA) is 60.5 Å². The standard InChI is InChI=1S/C21H18N2O3/c24-21(22-13-8-9-18-19(12-13)26-11-10-25-18)20-14-4-1-2-6-16(14)23-17-7-3-5-15(17)20/h1-2,4,6,8-9,12H,3,5,7,10-11H2,(H,22,24). The molecule has 1 aromatic heterocycles. The summed E-state index contributed by atoms with van der Waals surface area (Å²) in [6.07, 6.45) is 2.88. The van der Waals surface area contributed by atoms with Crippen LogP contribution in [0.5, 0.6) is 11.5 Å². The predicted octanol–water partition coefficient (Wildman–Crippen LogP) is 3.75. The predicted molar refractivity (Wildman–Crippen MR) is 99.2 cm³/mol. The molecule has 1 aliphatic heterocycles. The number of ether oxygens (including phenoxy) is 2. The zero-order chi connectivity index (χ0) is 17.5. The number of rotatable bonds is 2. The lowest BCUT2D eigenvalue weighted by atomic mass is 10.0. The highest BCUT2D eigenvalue weighted by Gasteiger charge is 2.24. The first-order chi connectivity index (χ1) is 12.8. The number of hydrogen-bond acceptors (Lipinski definition) is 4. The van der Waals surface area contributed by atoms with Gasteiger partial charge in [-0.05, 0) is 43.0 Å². The van der Waals surface area contributed by atoms with E-state index in [2.05, 4.69) is 5.32 Å². The highest BCUT2D eigenvalue weighted by molar-refractivity contribution is 6.13. The van der Waals surface area contributed by atoms with Crippen LogP contribution < -0.4 is 14.8 Å². The maximum atomic E-state index is 13.1. The Balaban J connectivity index is 1.55. The molecular weight excluding hydrogens is 328 g/mol. The van der Waals surface area contributed by atoms with Crippen molar-refractivity contribution in [3.8, 4) is 11.5 Å². The van der Waals surface area contributed by atoms with Crippen LogP contribution in [-0.2, 0) is 12.8 Å².